The summed E-state index contributed by atoms with van der Waals surface area (Å²) in [6.07, 6.45) is 2.36. The molecule has 7 nitrogen and oxygen atoms in total. The first-order valence-corrected chi connectivity index (χ1v) is 12.2. The number of thiophene rings is 1. The first-order chi connectivity index (χ1) is 17.2. The normalized spacial score (nSPS) is 10.8. The third-order valence-corrected chi connectivity index (χ3v) is 6.31. The first kappa shape index (κ1) is 22.5. The van der Waals surface area contributed by atoms with Crippen molar-refractivity contribution in [1.29, 1.82) is 0 Å². The SMILES string of the molecule is Cc1nc(Nc2cccc(C(=O)NCCc3[nH]cnc3-c3cccs3)c2)cc(-c2ccccc2)n1. The van der Waals surface area contributed by atoms with Gasteiger partial charge < -0.3 is 15.6 Å². The highest BCUT2D eigenvalue weighted by atomic mass is 32.1. The Morgan fingerprint density at radius 1 is 1.00 bits per heavy atom. The summed E-state index contributed by atoms with van der Waals surface area (Å²) in [5.74, 6) is 1.22. The van der Waals surface area contributed by atoms with Crippen LogP contribution in [-0.2, 0) is 6.42 Å². The van der Waals surface area contributed by atoms with E-state index in [1.165, 1.54) is 0 Å². The molecule has 0 aliphatic rings. The van der Waals surface area contributed by atoms with Crippen LogP contribution in [0, 0.1) is 6.92 Å². The van der Waals surface area contributed by atoms with Gasteiger partial charge in [0.15, 0.2) is 0 Å². The number of hydrogen-bond acceptors (Lipinski definition) is 6. The molecule has 0 radical (unpaired) electrons. The van der Waals surface area contributed by atoms with Gasteiger partial charge in [-0.05, 0) is 36.6 Å². The number of carbonyl (C=O) groups excluding carboxylic acids is 1. The van der Waals surface area contributed by atoms with Crippen LogP contribution in [0.5, 0.6) is 0 Å². The van der Waals surface area contributed by atoms with Crippen LogP contribution in [0.2, 0.25) is 0 Å². The van der Waals surface area contributed by atoms with Crippen LogP contribution < -0.4 is 10.6 Å². The molecule has 0 fully saturated rings. The van der Waals surface area contributed by atoms with E-state index in [4.69, 9.17) is 0 Å². The average molecular weight is 481 g/mol. The Balaban J connectivity index is 1.24. The summed E-state index contributed by atoms with van der Waals surface area (Å²) in [6, 6.07) is 23.3. The fourth-order valence-corrected chi connectivity index (χ4v) is 4.56. The summed E-state index contributed by atoms with van der Waals surface area (Å²) >= 11 is 1.65. The summed E-state index contributed by atoms with van der Waals surface area (Å²) in [7, 11) is 0. The van der Waals surface area contributed by atoms with E-state index in [9.17, 15) is 4.79 Å². The molecule has 5 aromatic rings. The molecule has 2 aromatic carbocycles. The number of nitrogens with zero attached hydrogens (tertiary/aromatic N) is 3. The zero-order chi connectivity index (χ0) is 24.0. The Morgan fingerprint density at radius 2 is 1.89 bits per heavy atom. The molecule has 0 bridgehead atoms. The van der Waals surface area contributed by atoms with E-state index in [0.29, 0.717) is 30.2 Å². The van der Waals surface area contributed by atoms with Gasteiger partial charge in [0.1, 0.15) is 17.3 Å². The number of benzene rings is 2. The third-order valence-electron chi connectivity index (χ3n) is 5.44. The quantitative estimate of drug-likeness (QED) is 0.268. The number of rotatable bonds is 8. The number of H-pyrrole nitrogens is 1. The molecule has 3 N–H and O–H groups in total. The Bertz CT molecular complexity index is 1430. The van der Waals surface area contributed by atoms with E-state index in [2.05, 4.69) is 30.6 Å². The first-order valence-electron chi connectivity index (χ1n) is 11.3. The van der Waals surface area contributed by atoms with Gasteiger partial charge in [0.2, 0.25) is 0 Å². The molecule has 1 amide bonds. The van der Waals surface area contributed by atoms with Gasteiger partial charge in [-0.3, -0.25) is 4.79 Å². The van der Waals surface area contributed by atoms with E-state index in [1.807, 2.05) is 79.0 Å². The largest absolute Gasteiger partial charge is 0.352 e. The lowest BCUT2D eigenvalue weighted by atomic mass is 10.1. The molecular formula is C27H24N6OS. The lowest BCUT2D eigenvalue weighted by molar-refractivity contribution is 0.0954. The van der Waals surface area contributed by atoms with Gasteiger partial charge >= 0.3 is 0 Å². The predicted molar refractivity (Wildman–Crippen MR) is 140 cm³/mol. The topological polar surface area (TPSA) is 95.6 Å². The van der Waals surface area contributed by atoms with Gasteiger partial charge in [-0.25, -0.2) is 15.0 Å². The highest BCUT2D eigenvalue weighted by molar-refractivity contribution is 7.13. The number of imidazole rings is 1. The standard InChI is InChI=1S/C27H24N6OS/c1-18-31-23(19-7-3-2-4-8-19)16-25(32-18)33-21-10-5-9-20(15-21)27(34)28-13-12-22-26(30-17-29-22)24-11-6-14-35-24/h2-11,14-17H,12-13H2,1H3,(H,28,34)(H,29,30)(H,31,32,33). The molecule has 0 aliphatic carbocycles. The lowest BCUT2D eigenvalue weighted by Gasteiger charge is -2.11. The van der Waals surface area contributed by atoms with Gasteiger partial charge in [-0.1, -0.05) is 42.5 Å². The Kier molecular flexibility index (Phi) is 6.63. The van der Waals surface area contributed by atoms with Gasteiger partial charge in [-0.2, -0.15) is 0 Å². The molecule has 0 saturated heterocycles. The number of amides is 1. The maximum absolute atomic E-state index is 12.8. The third kappa shape index (κ3) is 5.44. The van der Waals surface area contributed by atoms with Crippen LogP contribution >= 0.6 is 11.3 Å². The molecule has 3 heterocycles. The zero-order valence-corrected chi connectivity index (χ0v) is 20.0. The Hall–Kier alpha value is -4.30. The molecule has 0 unspecified atom stereocenters. The second-order valence-corrected chi connectivity index (χ2v) is 8.92. The molecule has 35 heavy (non-hydrogen) atoms. The van der Waals surface area contributed by atoms with E-state index in [1.54, 1.807) is 23.7 Å². The number of hydrogen-bond donors (Lipinski definition) is 3. The van der Waals surface area contributed by atoms with Crippen LogP contribution in [0.25, 0.3) is 21.8 Å². The second-order valence-electron chi connectivity index (χ2n) is 7.97. The smallest absolute Gasteiger partial charge is 0.251 e. The van der Waals surface area contributed by atoms with Crippen LogP contribution in [0.3, 0.4) is 0 Å². The molecule has 0 spiro atoms. The minimum Gasteiger partial charge on any atom is -0.352 e. The fraction of sp³-hybridized carbons (Fsp3) is 0.111. The summed E-state index contributed by atoms with van der Waals surface area (Å²) in [5.41, 5.74) is 5.17. The van der Waals surface area contributed by atoms with Crippen molar-refractivity contribution in [2.24, 2.45) is 0 Å². The number of nitrogens with one attached hydrogen (secondary N) is 3. The van der Waals surface area contributed by atoms with Crippen molar-refractivity contribution in [1.82, 2.24) is 25.3 Å². The molecule has 0 saturated carbocycles. The number of carbonyl (C=O) groups is 1. The number of aromatic nitrogens is 4. The van der Waals surface area contributed by atoms with Crippen molar-refractivity contribution in [2.75, 3.05) is 11.9 Å². The second kappa shape index (κ2) is 10.3. The minimum absolute atomic E-state index is 0.130. The van der Waals surface area contributed by atoms with Crippen LogP contribution in [0.15, 0.2) is 84.5 Å². The van der Waals surface area contributed by atoms with Gasteiger partial charge in [0, 0.05) is 41.5 Å². The molecule has 5 rings (SSSR count). The van der Waals surface area contributed by atoms with E-state index in [-0.39, 0.29) is 5.91 Å². The van der Waals surface area contributed by atoms with Gasteiger partial charge in [0.25, 0.3) is 5.91 Å². The maximum Gasteiger partial charge on any atom is 0.251 e. The van der Waals surface area contributed by atoms with Crippen molar-refractivity contribution >= 4 is 28.7 Å². The molecule has 0 aliphatic heterocycles. The van der Waals surface area contributed by atoms with E-state index >= 15 is 0 Å². The number of aromatic amines is 1. The highest BCUT2D eigenvalue weighted by Gasteiger charge is 2.11. The van der Waals surface area contributed by atoms with Gasteiger partial charge in [0.05, 0.1) is 16.9 Å². The van der Waals surface area contributed by atoms with Crippen molar-refractivity contribution in [3.05, 3.63) is 102 Å². The van der Waals surface area contributed by atoms with Crippen LogP contribution in [0.1, 0.15) is 21.9 Å². The lowest BCUT2D eigenvalue weighted by Crippen LogP contribution is -2.25. The Morgan fingerprint density at radius 3 is 2.71 bits per heavy atom. The number of anilines is 2. The van der Waals surface area contributed by atoms with Crippen LogP contribution in [0.4, 0.5) is 11.5 Å². The minimum atomic E-state index is -0.130. The van der Waals surface area contributed by atoms with Gasteiger partial charge in [-0.15, -0.1) is 11.3 Å². The maximum atomic E-state index is 12.8. The molecule has 3 aromatic heterocycles. The van der Waals surface area contributed by atoms with E-state index in [0.717, 1.165) is 33.2 Å². The fourth-order valence-electron chi connectivity index (χ4n) is 3.81. The summed E-state index contributed by atoms with van der Waals surface area (Å²) in [5, 5.41) is 8.34. The van der Waals surface area contributed by atoms with E-state index < -0.39 is 0 Å². The zero-order valence-electron chi connectivity index (χ0n) is 19.2. The van der Waals surface area contributed by atoms with Crippen molar-refractivity contribution in [3.63, 3.8) is 0 Å². The summed E-state index contributed by atoms with van der Waals surface area (Å²) in [4.78, 5) is 30.6. The van der Waals surface area contributed by atoms with Crippen LogP contribution in [-0.4, -0.2) is 32.4 Å². The monoisotopic (exact) mass is 480 g/mol. The average Bonchev–Trinajstić information content (AvgIpc) is 3.56. The van der Waals surface area contributed by atoms with Crippen molar-refractivity contribution in [3.8, 4) is 21.8 Å². The molecular weight excluding hydrogens is 456 g/mol. The highest BCUT2D eigenvalue weighted by Crippen LogP contribution is 2.25. The molecule has 0 atom stereocenters. The summed E-state index contributed by atoms with van der Waals surface area (Å²) < 4.78 is 0. The van der Waals surface area contributed by atoms with Crippen molar-refractivity contribution < 1.29 is 4.79 Å². The molecule has 8 heteroatoms. The predicted octanol–water partition coefficient (Wildman–Crippen LogP) is 5.62. The van der Waals surface area contributed by atoms with Crippen molar-refractivity contribution in [2.45, 2.75) is 13.3 Å². The Labute approximate surface area is 207 Å². The summed E-state index contributed by atoms with van der Waals surface area (Å²) in [6.45, 7) is 2.37. The molecule has 174 valence electrons. The number of aryl methyl sites for hydroxylation is 1.